The van der Waals surface area contributed by atoms with Crippen LogP contribution in [0.2, 0.25) is 0 Å². The summed E-state index contributed by atoms with van der Waals surface area (Å²) in [6.07, 6.45) is 0.428. The van der Waals surface area contributed by atoms with Gasteiger partial charge >= 0.3 is 0 Å². The molecule has 3 heteroatoms. The van der Waals surface area contributed by atoms with E-state index < -0.39 is 6.10 Å². The van der Waals surface area contributed by atoms with E-state index in [0.717, 1.165) is 17.7 Å². The third-order valence-corrected chi connectivity index (χ3v) is 3.52. The molecule has 2 atom stereocenters. The Morgan fingerprint density at radius 2 is 1.86 bits per heavy atom. The summed E-state index contributed by atoms with van der Waals surface area (Å²) < 4.78 is 5.23. The highest BCUT2D eigenvalue weighted by atomic mass is 16.5. The molecule has 112 valence electrons. The van der Waals surface area contributed by atoms with E-state index in [-0.39, 0.29) is 6.04 Å². The number of nitrogens with one attached hydrogen (secondary N) is 1. The molecular weight excluding hydrogens is 262 g/mol. The molecule has 2 N–H and O–H groups in total. The molecule has 0 spiro atoms. The summed E-state index contributed by atoms with van der Waals surface area (Å²) in [4.78, 5) is 0. The number of hydrogen-bond acceptors (Lipinski definition) is 3. The first-order valence-corrected chi connectivity index (χ1v) is 7.28. The maximum Gasteiger partial charge on any atom is 0.119 e. The summed E-state index contributed by atoms with van der Waals surface area (Å²) in [6.45, 7) is 2.67. The summed E-state index contributed by atoms with van der Waals surface area (Å²) in [5.74, 6) is 0.879. The fourth-order valence-electron chi connectivity index (χ4n) is 2.33. The van der Waals surface area contributed by atoms with Crippen molar-refractivity contribution in [3.8, 4) is 5.75 Å². The Hall–Kier alpha value is -1.84. The van der Waals surface area contributed by atoms with Gasteiger partial charge in [0.2, 0.25) is 0 Å². The van der Waals surface area contributed by atoms with E-state index in [9.17, 15) is 5.11 Å². The summed E-state index contributed by atoms with van der Waals surface area (Å²) in [6, 6.07) is 18.1. The van der Waals surface area contributed by atoms with E-state index >= 15 is 0 Å². The molecule has 3 nitrogen and oxygen atoms in total. The monoisotopic (exact) mass is 285 g/mol. The SMILES string of the molecule is COc1cccc(C[C@@H](C)NC[C@H](O)c2ccccc2)c1. The molecule has 0 bridgehead atoms. The molecule has 0 aliphatic rings. The van der Waals surface area contributed by atoms with Crippen LogP contribution in [-0.2, 0) is 6.42 Å². The average Bonchev–Trinajstić information content (AvgIpc) is 2.53. The summed E-state index contributed by atoms with van der Waals surface area (Å²) >= 11 is 0. The minimum Gasteiger partial charge on any atom is -0.497 e. The number of aliphatic hydroxyl groups excluding tert-OH is 1. The molecule has 0 saturated carbocycles. The molecule has 21 heavy (non-hydrogen) atoms. The van der Waals surface area contributed by atoms with Crippen LogP contribution in [-0.4, -0.2) is 24.8 Å². The standard InChI is InChI=1S/C18H23NO2/c1-14(11-15-7-6-10-17(12-15)21-2)19-13-18(20)16-8-4-3-5-9-16/h3-10,12,14,18-20H,11,13H2,1-2H3/t14-,18+/m1/s1. The normalized spacial score (nSPS) is 13.7. The molecule has 2 aromatic carbocycles. The highest BCUT2D eigenvalue weighted by Gasteiger charge is 2.09. The van der Waals surface area contributed by atoms with Crippen molar-refractivity contribution in [2.45, 2.75) is 25.5 Å². The van der Waals surface area contributed by atoms with Crippen LogP contribution in [0.25, 0.3) is 0 Å². The van der Waals surface area contributed by atoms with Crippen LogP contribution >= 0.6 is 0 Å². The van der Waals surface area contributed by atoms with Crippen molar-refractivity contribution < 1.29 is 9.84 Å². The van der Waals surface area contributed by atoms with Crippen molar-refractivity contribution >= 4 is 0 Å². The van der Waals surface area contributed by atoms with Crippen molar-refractivity contribution in [1.82, 2.24) is 5.32 Å². The third-order valence-electron chi connectivity index (χ3n) is 3.52. The Bertz CT molecular complexity index is 542. The zero-order valence-corrected chi connectivity index (χ0v) is 12.6. The minimum atomic E-state index is -0.473. The molecular formula is C18H23NO2. The fourth-order valence-corrected chi connectivity index (χ4v) is 2.33. The first kappa shape index (κ1) is 15.5. The van der Waals surface area contributed by atoms with E-state index in [1.54, 1.807) is 7.11 Å². The lowest BCUT2D eigenvalue weighted by molar-refractivity contribution is 0.170. The first-order chi connectivity index (χ1) is 10.2. The Labute approximate surface area is 126 Å². The molecule has 0 heterocycles. The van der Waals surface area contributed by atoms with Gasteiger partial charge in [-0.15, -0.1) is 0 Å². The highest BCUT2D eigenvalue weighted by molar-refractivity contribution is 5.28. The van der Waals surface area contributed by atoms with Crippen LogP contribution in [0.4, 0.5) is 0 Å². The van der Waals surface area contributed by atoms with E-state index in [1.807, 2.05) is 48.5 Å². The molecule has 0 radical (unpaired) electrons. The van der Waals surface area contributed by atoms with Crippen molar-refractivity contribution in [3.63, 3.8) is 0 Å². The van der Waals surface area contributed by atoms with Crippen molar-refractivity contribution in [2.75, 3.05) is 13.7 Å². The largest absolute Gasteiger partial charge is 0.497 e. The summed E-state index contributed by atoms with van der Waals surface area (Å²) in [5.41, 5.74) is 2.17. The lowest BCUT2D eigenvalue weighted by Gasteiger charge is -2.17. The quantitative estimate of drug-likeness (QED) is 0.822. The molecule has 0 unspecified atom stereocenters. The number of methoxy groups -OCH3 is 1. The lowest BCUT2D eigenvalue weighted by Crippen LogP contribution is -2.32. The zero-order valence-electron chi connectivity index (χ0n) is 12.6. The van der Waals surface area contributed by atoms with Gasteiger partial charge in [0.05, 0.1) is 13.2 Å². The van der Waals surface area contributed by atoms with Gasteiger partial charge < -0.3 is 15.2 Å². The second-order valence-electron chi connectivity index (χ2n) is 5.29. The Morgan fingerprint density at radius 3 is 2.57 bits per heavy atom. The van der Waals surface area contributed by atoms with Gasteiger partial charge in [-0.2, -0.15) is 0 Å². The van der Waals surface area contributed by atoms with Gasteiger partial charge in [-0.05, 0) is 36.6 Å². The predicted molar refractivity (Wildman–Crippen MR) is 85.6 cm³/mol. The zero-order chi connectivity index (χ0) is 15.1. The van der Waals surface area contributed by atoms with Crippen LogP contribution in [0.5, 0.6) is 5.75 Å². The van der Waals surface area contributed by atoms with Crippen LogP contribution in [0.3, 0.4) is 0 Å². The van der Waals surface area contributed by atoms with Crippen LogP contribution in [0.1, 0.15) is 24.2 Å². The van der Waals surface area contributed by atoms with Gasteiger partial charge in [0.1, 0.15) is 5.75 Å². The third kappa shape index (κ3) is 4.88. The fraction of sp³-hybridized carbons (Fsp3) is 0.333. The van der Waals surface area contributed by atoms with E-state index in [1.165, 1.54) is 5.56 Å². The predicted octanol–water partition coefficient (Wildman–Crippen LogP) is 2.95. The smallest absolute Gasteiger partial charge is 0.119 e. The summed E-state index contributed by atoms with van der Waals surface area (Å²) in [5, 5.41) is 13.5. The molecule has 0 saturated heterocycles. The van der Waals surface area contributed by atoms with Crippen molar-refractivity contribution in [3.05, 3.63) is 65.7 Å². The molecule has 2 rings (SSSR count). The second kappa shape index (κ2) is 7.81. The highest BCUT2D eigenvalue weighted by Crippen LogP contribution is 2.15. The number of aliphatic hydroxyl groups is 1. The molecule has 0 aliphatic carbocycles. The summed E-state index contributed by atoms with van der Waals surface area (Å²) in [7, 11) is 1.68. The van der Waals surface area contributed by atoms with Crippen LogP contribution in [0, 0.1) is 0 Å². The Morgan fingerprint density at radius 1 is 1.10 bits per heavy atom. The number of ether oxygens (including phenoxy) is 1. The Balaban J connectivity index is 1.83. The van der Waals surface area contributed by atoms with Crippen molar-refractivity contribution in [1.29, 1.82) is 0 Å². The topological polar surface area (TPSA) is 41.5 Å². The van der Waals surface area contributed by atoms with Gasteiger partial charge in [0.25, 0.3) is 0 Å². The first-order valence-electron chi connectivity index (χ1n) is 7.28. The molecule has 0 fully saturated rings. The van der Waals surface area contributed by atoms with Crippen molar-refractivity contribution in [2.24, 2.45) is 0 Å². The Kier molecular flexibility index (Phi) is 5.78. The molecule has 0 aliphatic heterocycles. The van der Waals surface area contributed by atoms with E-state index in [2.05, 4.69) is 18.3 Å². The van der Waals surface area contributed by atoms with E-state index in [0.29, 0.717) is 6.54 Å². The van der Waals surface area contributed by atoms with Crippen LogP contribution in [0.15, 0.2) is 54.6 Å². The van der Waals surface area contributed by atoms with Gasteiger partial charge in [-0.3, -0.25) is 0 Å². The molecule has 0 aromatic heterocycles. The number of rotatable bonds is 7. The maximum atomic E-state index is 10.1. The maximum absolute atomic E-state index is 10.1. The molecule has 2 aromatic rings. The van der Waals surface area contributed by atoms with E-state index in [4.69, 9.17) is 4.74 Å². The molecule has 0 amide bonds. The lowest BCUT2D eigenvalue weighted by atomic mass is 10.1. The minimum absolute atomic E-state index is 0.287. The van der Waals surface area contributed by atoms with Crippen LogP contribution < -0.4 is 10.1 Å². The van der Waals surface area contributed by atoms with Gasteiger partial charge in [-0.25, -0.2) is 0 Å². The van der Waals surface area contributed by atoms with Gasteiger partial charge in [0, 0.05) is 12.6 Å². The number of hydrogen-bond donors (Lipinski definition) is 2. The number of benzene rings is 2. The second-order valence-corrected chi connectivity index (χ2v) is 5.29. The van der Waals surface area contributed by atoms with Gasteiger partial charge in [-0.1, -0.05) is 42.5 Å². The average molecular weight is 285 g/mol. The van der Waals surface area contributed by atoms with Gasteiger partial charge in [0.15, 0.2) is 0 Å².